The topological polar surface area (TPSA) is 61.7 Å². The molecule has 0 aliphatic rings. The van der Waals surface area contributed by atoms with Gasteiger partial charge in [-0.15, -0.1) is 0 Å². The second kappa shape index (κ2) is 6.24. The van der Waals surface area contributed by atoms with Crippen LogP contribution in [-0.2, 0) is 6.18 Å². The van der Waals surface area contributed by atoms with Gasteiger partial charge in [0.05, 0.1) is 5.69 Å². The van der Waals surface area contributed by atoms with E-state index in [0.717, 1.165) is 18.8 Å². The molecule has 0 aliphatic heterocycles. The first kappa shape index (κ1) is 17.1. The van der Waals surface area contributed by atoms with Gasteiger partial charge in [-0.2, -0.15) is 13.2 Å². The summed E-state index contributed by atoms with van der Waals surface area (Å²) < 4.78 is 39.0. The minimum absolute atomic E-state index is 0.0642. The molecule has 4 nitrogen and oxygen atoms in total. The SMILES string of the molecule is CCC(C)(C)N/C=C(\C=N)c1nc(C)ncc1C(F)(F)F. The van der Waals surface area contributed by atoms with Crippen LogP contribution in [0, 0.1) is 12.3 Å². The molecular formula is C14H19F3N4. The second-order valence-corrected chi connectivity index (χ2v) is 5.30. The summed E-state index contributed by atoms with van der Waals surface area (Å²) in [5.41, 5.74) is -1.45. The molecule has 0 saturated heterocycles. The van der Waals surface area contributed by atoms with Crippen LogP contribution >= 0.6 is 0 Å². The molecule has 0 aromatic carbocycles. The normalized spacial score (nSPS) is 13.2. The number of halogens is 3. The Hall–Kier alpha value is -1.92. The number of alkyl halides is 3. The van der Waals surface area contributed by atoms with Crippen LogP contribution in [0.3, 0.4) is 0 Å². The van der Waals surface area contributed by atoms with Crippen molar-refractivity contribution in [1.82, 2.24) is 15.3 Å². The summed E-state index contributed by atoms with van der Waals surface area (Å²) in [5, 5.41) is 10.4. The summed E-state index contributed by atoms with van der Waals surface area (Å²) in [7, 11) is 0. The number of allylic oxidation sites excluding steroid dienone is 1. The van der Waals surface area contributed by atoms with Gasteiger partial charge in [0.25, 0.3) is 0 Å². The van der Waals surface area contributed by atoms with Crippen LogP contribution in [0.2, 0.25) is 0 Å². The molecule has 0 aliphatic carbocycles. The number of nitrogens with one attached hydrogen (secondary N) is 2. The number of nitrogens with zero attached hydrogens (tertiary/aromatic N) is 2. The number of rotatable bonds is 5. The van der Waals surface area contributed by atoms with Gasteiger partial charge in [0, 0.05) is 29.7 Å². The Kier molecular flexibility index (Phi) is 5.09. The lowest BCUT2D eigenvalue weighted by Crippen LogP contribution is -2.34. The molecule has 1 heterocycles. The Bertz CT molecular complexity index is 548. The molecule has 1 rings (SSSR count). The van der Waals surface area contributed by atoms with Crippen molar-refractivity contribution in [2.24, 2.45) is 0 Å². The van der Waals surface area contributed by atoms with E-state index in [1.807, 2.05) is 20.8 Å². The zero-order chi connectivity index (χ0) is 16.3. The van der Waals surface area contributed by atoms with Gasteiger partial charge < -0.3 is 10.7 Å². The van der Waals surface area contributed by atoms with E-state index in [0.29, 0.717) is 0 Å². The Morgan fingerprint density at radius 3 is 2.48 bits per heavy atom. The smallest absolute Gasteiger partial charge is 0.385 e. The molecule has 1 aromatic heterocycles. The maximum absolute atomic E-state index is 13.0. The number of hydrogen-bond donors (Lipinski definition) is 2. The first-order valence-corrected chi connectivity index (χ1v) is 6.50. The van der Waals surface area contributed by atoms with E-state index >= 15 is 0 Å². The van der Waals surface area contributed by atoms with Crippen LogP contribution in [0.5, 0.6) is 0 Å². The molecular weight excluding hydrogens is 281 g/mol. The average molecular weight is 300 g/mol. The quantitative estimate of drug-likeness (QED) is 0.817. The first-order valence-electron chi connectivity index (χ1n) is 6.50. The third kappa shape index (κ3) is 4.54. The van der Waals surface area contributed by atoms with Crippen molar-refractivity contribution in [3.63, 3.8) is 0 Å². The minimum Gasteiger partial charge on any atom is -0.385 e. The van der Waals surface area contributed by atoms with E-state index in [9.17, 15) is 13.2 Å². The number of hydrogen-bond acceptors (Lipinski definition) is 4. The highest BCUT2D eigenvalue weighted by Crippen LogP contribution is 2.33. The maximum Gasteiger partial charge on any atom is 0.419 e. The molecule has 0 atom stereocenters. The molecule has 0 fully saturated rings. The Balaban J connectivity index is 3.31. The molecule has 116 valence electrons. The summed E-state index contributed by atoms with van der Waals surface area (Å²) in [6.07, 6.45) is -0.779. The fourth-order valence-corrected chi connectivity index (χ4v) is 1.45. The summed E-state index contributed by atoms with van der Waals surface area (Å²) in [6.45, 7) is 7.30. The van der Waals surface area contributed by atoms with Gasteiger partial charge in [-0.25, -0.2) is 9.97 Å². The fourth-order valence-electron chi connectivity index (χ4n) is 1.45. The molecule has 1 aromatic rings. The lowest BCUT2D eigenvalue weighted by atomic mass is 10.0. The minimum atomic E-state index is -4.56. The van der Waals surface area contributed by atoms with E-state index in [1.165, 1.54) is 13.1 Å². The van der Waals surface area contributed by atoms with E-state index in [1.54, 1.807) is 0 Å². The largest absolute Gasteiger partial charge is 0.419 e. The van der Waals surface area contributed by atoms with Crippen molar-refractivity contribution < 1.29 is 13.2 Å². The summed E-state index contributed by atoms with van der Waals surface area (Å²) in [5.74, 6) is 0.223. The zero-order valence-corrected chi connectivity index (χ0v) is 12.5. The van der Waals surface area contributed by atoms with Crippen LogP contribution in [-0.4, -0.2) is 21.7 Å². The van der Waals surface area contributed by atoms with Crippen molar-refractivity contribution in [1.29, 1.82) is 5.41 Å². The highest BCUT2D eigenvalue weighted by atomic mass is 19.4. The van der Waals surface area contributed by atoms with E-state index in [-0.39, 0.29) is 22.6 Å². The number of aromatic nitrogens is 2. The summed E-state index contributed by atoms with van der Waals surface area (Å²) in [6, 6.07) is 0. The van der Waals surface area contributed by atoms with E-state index in [4.69, 9.17) is 5.41 Å². The van der Waals surface area contributed by atoms with Crippen molar-refractivity contribution in [2.75, 3.05) is 0 Å². The summed E-state index contributed by atoms with van der Waals surface area (Å²) >= 11 is 0. The highest BCUT2D eigenvalue weighted by Gasteiger charge is 2.35. The van der Waals surface area contributed by atoms with Crippen molar-refractivity contribution in [3.8, 4) is 0 Å². The van der Waals surface area contributed by atoms with Crippen LogP contribution in [0.1, 0.15) is 44.3 Å². The van der Waals surface area contributed by atoms with E-state index < -0.39 is 11.7 Å². The molecule has 0 amide bonds. The van der Waals surface area contributed by atoms with Gasteiger partial charge in [0.1, 0.15) is 11.4 Å². The average Bonchev–Trinajstić information content (AvgIpc) is 2.38. The van der Waals surface area contributed by atoms with Crippen LogP contribution in [0.25, 0.3) is 5.57 Å². The monoisotopic (exact) mass is 300 g/mol. The van der Waals surface area contributed by atoms with Crippen LogP contribution in [0.4, 0.5) is 13.2 Å². The predicted octanol–water partition coefficient (Wildman–Crippen LogP) is 3.57. The molecule has 0 saturated carbocycles. The van der Waals surface area contributed by atoms with Gasteiger partial charge in [0.15, 0.2) is 0 Å². The zero-order valence-electron chi connectivity index (χ0n) is 12.5. The van der Waals surface area contributed by atoms with Gasteiger partial charge in [-0.3, -0.25) is 0 Å². The van der Waals surface area contributed by atoms with Gasteiger partial charge >= 0.3 is 6.18 Å². The van der Waals surface area contributed by atoms with Gasteiger partial charge in [0.2, 0.25) is 0 Å². The van der Waals surface area contributed by atoms with Gasteiger partial charge in [-0.05, 0) is 27.2 Å². The lowest BCUT2D eigenvalue weighted by Gasteiger charge is -2.24. The van der Waals surface area contributed by atoms with E-state index in [2.05, 4.69) is 15.3 Å². The Morgan fingerprint density at radius 1 is 1.38 bits per heavy atom. The predicted molar refractivity (Wildman–Crippen MR) is 76.0 cm³/mol. The van der Waals surface area contributed by atoms with Crippen molar-refractivity contribution in [3.05, 3.63) is 29.5 Å². The second-order valence-electron chi connectivity index (χ2n) is 5.30. The van der Waals surface area contributed by atoms with Crippen LogP contribution < -0.4 is 5.32 Å². The van der Waals surface area contributed by atoms with Crippen molar-refractivity contribution >= 4 is 11.8 Å². The fraction of sp³-hybridized carbons (Fsp3) is 0.500. The standard InChI is InChI=1S/C14H19F3N4/c1-5-13(3,4)20-7-10(6-18)12-11(14(15,16)17)8-19-9(2)21-12/h6-8,18,20H,5H2,1-4H3/b10-7+,18-6?. The Morgan fingerprint density at radius 2 is 2.00 bits per heavy atom. The molecule has 7 heteroatoms. The molecule has 0 bridgehead atoms. The first-order chi connectivity index (χ1) is 9.60. The third-order valence-corrected chi connectivity index (χ3v) is 3.15. The highest BCUT2D eigenvalue weighted by molar-refractivity contribution is 6.07. The van der Waals surface area contributed by atoms with Crippen molar-refractivity contribution in [2.45, 2.75) is 45.8 Å². The Labute approximate surface area is 122 Å². The maximum atomic E-state index is 13.0. The molecule has 0 radical (unpaired) electrons. The van der Waals surface area contributed by atoms with Gasteiger partial charge in [-0.1, -0.05) is 6.92 Å². The lowest BCUT2D eigenvalue weighted by molar-refractivity contribution is -0.138. The number of aryl methyl sites for hydroxylation is 1. The third-order valence-electron chi connectivity index (χ3n) is 3.15. The molecule has 0 spiro atoms. The molecule has 2 N–H and O–H groups in total. The van der Waals surface area contributed by atoms with Crippen LogP contribution in [0.15, 0.2) is 12.4 Å². The molecule has 0 unspecified atom stereocenters. The molecule has 21 heavy (non-hydrogen) atoms. The summed E-state index contributed by atoms with van der Waals surface area (Å²) in [4.78, 5) is 7.44.